The highest BCUT2D eigenvalue weighted by molar-refractivity contribution is 6.02. The first kappa shape index (κ1) is 22.7. The van der Waals surface area contributed by atoms with Gasteiger partial charge in [0.15, 0.2) is 5.82 Å². The Morgan fingerprint density at radius 2 is 1.83 bits per heavy atom. The molecule has 1 saturated heterocycles. The van der Waals surface area contributed by atoms with Crippen LogP contribution < -0.4 is 11.1 Å². The summed E-state index contributed by atoms with van der Waals surface area (Å²) >= 11 is 0. The molecule has 0 bridgehead atoms. The number of amides is 2. The highest BCUT2D eigenvalue weighted by Gasteiger charge is 2.39. The highest BCUT2D eigenvalue weighted by Crippen LogP contribution is 2.36. The van der Waals surface area contributed by atoms with Gasteiger partial charge in [0.05, 0.1) is 36.1 Å². The molecule has 2 aromatic heterocycles. The van der Waals surface area contributed by atoms with Gasteiger partial charge in [0, 0.05) is 31.7 Å². The maximum Gasteiger partial charge on any atom is 0.254 e. The summed E-state index contributed by atoms with van der Waals surface area (Å²) in [6.07, 6.45) is 8.18. The molecule has 5 rings (SSSR count). The van der Waals surface area contributed by atoms with E-state index in [0.717, 1.165) is 38.2 Å². The minimum atomic E-state index is -0.652. The van der Waals surface area contributed by atoms with Gasteiger partial charge in [-0.3, -0.25) is 19.2 Å². The van der Waals surface area contributed by atoms with Gasteiger partial charge in [-0.05, 0) is 43.4 Å². The quantitative estimate of drug-likeness (QED) is 0.507. The molecular weight excluding hydrogens is 446 g/mol. The highest BCUT2D eigenvalue weighted by atomic mass is 16.2. The molecular formula is C24H27N9O2. The van der Waals surface area contributed by atoms with Gasteiger partial charge in [0.25, 0.3) is 5.91 Å². The predicted molar refractivity (Wildman–Crippen MR) is 126 cm³/mol. The van der Waals surface area contributed by atoms with E-state index in [0.29, 0.717) is 12.8 Å². The Kier molecular flexibility index (Phi) is 6.05. The maximum absolute atomic E-state index is 12.3. The number of nitriles is 1. The average molecular weight is 474 g/mol. The van der Waals surface area contributed by atoms with Crippen LogP contribution in [0, 0.1) is 17.2 Å². The monoisotopic (exact) mass is 473 g/mol. The number of hydrogen-bond acceptors (Lipinski definition) is 7. The summed E-state index contributed by atoms with van der Waals surface area (Å²) in [7, 11) is 0. The standard InChI is InChI=1S/C24H27N9O2/c25-10-7-24(32-16-20(21(26)34)22(30-32)29-23(35)18-3-4-18)8-13-31(14-9-24)15-17-1-5-19(6-2-17)33-27-11-12-28-33/h1-2,5-6,11-12,16,18H,3-4,7-9,13-15H2,(H2,26,34)(H,29,30,35). The van der Waals surface area contributed by atoms with Crippen LogP contribution in [0.2, 0.25) is 0 Å². The fraction of sp³-hybridized carbons (Fsp3) is 0.417. The molecule has 1 aliphatic carbocycles. The van der Waals surface area contributed by atoms with Gasteiger partial charge in [-0.2, -0.15) is 25.4 Å². The van der Waals surface area contributed by atoms with Crippen LogP contribution in [0.25, 0.3) is 5.69 Å². The molecule has 2 aliphatic rings. The topological polar surface area (TPSA) is 148 Å². The van der Waals surface area contributed by atoms with Gasteiger partial charge in [0.2, 0.25) is 5.91 Å². The largest absolute Gasteiger partial charge is 0.365 e. The third-order valence-corrected chi connectivity index (χ3v) is 6.84. The zero-order valence-corrected chi connectivity index (χ0v) is 19.3. The van der Waals surface area contributed by atoms with E-state index in [2.05, 4.69) is 43.7 Å². The Balaban J connectivity index is 1.28. The number of rotatable bonds is 8. The van der Waals surface area contributed by atoms with Gasteiger partial charge < -0.3 is 11.1 Å². The Hall–Kier alpha value is -4.04. The zero-order valence-electron chi connectivity index (χ0n) is 19.3. The van der Waals surface area contributed by atoms with Crippen molar-refractivity contribution in [1.82, 2.24) is 29.7 Å². The van der Waals surface area contributed by atoms with Gasteiger partial charge in [-0.1, -0.05) is 12.1 Å². The van der Waals surface area contributed by atoms with Gasteiger partial charge in [0.1, 0.15) is 5.56 Å². The summed E-state index contributed by atoms with van der Waals surface area (Å²) in [6.45, 7) is 2.31. The molecule has 3 N–H and O–H groups in total. The van der Waals surface area contributed by atoms with Crippen molar-refractivity contribution in [2.24, 2.45) is 11.7 Å². The second kappa shape index (κ2) is 9.31. The van der Waals surface area contributed by atoms with Crippen LogP contribution in [0.4, 0.5) is 5.82 Å². The van der Waals surface area contributed by atoms with E-state index in [4.69, 9.17) is 5.73 Å². The van der Waals surface area contributed by atoms with Gasteiger partial charge in [-0.15, -0.1) is 0 Å². The number of anilines is 1. The van der Waals surface area contributed by atoms with Crippen molar-refractivity contribution in [2.75, 3.05) is 18.4 Å². The molecule has 2 fully saturated rings. The average Bonchev–Trinajstić information content (AvgIpc) is 3.39. The van der Waals surface area contributed by atoms with E-state index >= 15 is 0 Å². The molecule has 180 valence electrons. The number of carbonyl (C=O) groups excluding carboxylic acids is 2. The van der Waals surface area contributed by atoms with Crippen molar-refractivity contribution in [1.29, 1.82) is 5.26 Å². The summed E-state index contributed by atoms with van der Waals surface area (Å²) < 4.78 is 1.68. The number of piperidine rings is 1. The van der Waals surface area contributed by atoms with Crippen molar-refractivity contribution in [3.05, 3.63) is 54.0 Å². The van der Waals surface area contributed by atoms with E-state index < -0.39 is 11.4 Å². The summed E-state index contributed by atoms with van der Waals surface area (Å²) in [5.41, 5.74) is 7.25. The number of nitrogens with zero attached hydrogens (tertiary/aromatic N) is 7. The molecule has 3 aromatic rings. The molecule has 3 heterocycles. The molecule has 35 heavy (non-hydrogen) atoms. The number of carbonyl (C=O) groups is 2. The fourth-order valence-corrected chi connectivity index (χ4v) is 4.56. The van der Waals surface area contributed by atoms with Crippen LogP contribution in [0.15, 0.2) is 42.9 Å². The predicted octanol–water partition coefficient (Wildman–Crippen LogP) is 1.82. The Labute approximate surface area is 202 Å². The molecule has 0 spiro atoms. The van der Waals surface area contributed by atoms with E-state index in [1.165, 1.54) is 5.56 Å². The Morgan fingerprint density at radius 3 is 2.43 bits per heavy atom. The zero-order chi connectivity index (χ0) is 24.4. The lowest BCUT2D eigenvalue weighted by Gasteiger charge is -2.40. The van der Waals surface area contributed by atoms with Crippen molar-refractivity contribution in [3.63, 3.8) is 0 Å². The minimum Gasteiger partial charge on any atom is -0.365 e. The summed E-state index contributed by atoms with van der Waals surface area (Å²) in [6, 6.07) is 10.4. The molecule has 1 aromatic carbocycles. The number of benzene rings is 1. The minimum absolute atomic E-state index is 0.0259. The van der Waals surface area contributed by atoms with E-state index in [9.17, 15) is 14.9 Å². The second-order valence-electron chi connectivity index (χ2n) is 9.28. The summed E-state index contributed by atoms with van der Waals surface area (Å²) in [5.74, 6) is -0.639. The van der Waals surface area contributed by atoms with Crippen LogP contribution in [0.5, 0.6) is 0 Å². The van der Waals surface area contributed by atoms with Crippen LogP contribution in [0.3, 0.4) is 0 Å². The first-order chi connectivity index (χ1) is 17.0. The van der Waals surface area contributed by atoms with Crippen molar-refractivity contribution >= 4 is 17.6 Å². The van der Waals surface area contributed by atoms with Crippen LogP contribution in [-0.2, 0) is 16.9 Å². The first-order valence-corrected chi connectivity index (χ1v) is 11.7. The maximum atomic E-state index is 12.3. The van der Waals surface area contributed by atoms with E-state index in [-0.39, 0.29) is 29.6 Å². The number of nitrogens with one attached hydrogen (secondary N) is 1. The number of aromatic nitrogens is 5. The van der Waals surface area contributed by atoms with Gasteiger partial charge in [-0.25, -0.2) is 0 Å². The lowest BCUT2D eigenvalue weighted by atomic mass is 9.84. The van der Waals surface area contributed by atoms with E-state index in [1.54, 1.807) is 28.1 Å². The smallest absolute Gasteiger partial charge is 0.254 e. The third-order valence-electron chi connectivity index (χ3n) is 6.84. The summed E-state index contributed by atoms with van der Waals surface area (Å²) in [4.78, 5) is 28.2. The molecule has 11 nitrogen and oxygen atoms in total. The molecule has 2 amide bonds. The van der Waals surface area contributed by atoms with Crippen LogP contribution in [-0.4, -0.2) is 54.6 Å². The van der Waals surface area contributed by atoms with Crippen molar-refractivity contribution in [2.45, 2.75) is 44.2 Å². The number of primary amides is 1. The van der Waals surface area contributed by atoms with Crippen LogP contribution in [0.1, 0.15) is 48.0 Å². The molecule has 1 aliphatic heterocycles. The van der Waals surface area contributed by atoms with Crippen LogP contribution >= 0.6 is 0 Å². The normalized spacial score (nSPS) is 17.6. The number of likely N-dealkylation sites (tertiary alicyclic amines) is 1. The molecule has 1 saturated carbocycles. The number of nitrogens with two attached hydrogens (primary N) is 1. The second-order valence-corrected chi connectivity index (χ2v) is 9.28. The molecule has 0 unspecified atom stereocenters. The lowest BCUT2D eigenvalue weighted by Crippen LogP contribution is -2.46. The van der Waals surface area contributed by atoms with Crippen molar-refractivity contribution < 1.29 is 9.59 Å². The fourth-order valence-electron chi connectivity index (χ4n) is 4.56. The first-order valence-electron chi connectivity index (χ1n) is 11.7. The van der Waals surface area contributed by atoms with Gasteiger partial charge >= 0.3 is 0 Å². The molecule has 0 radical (unpaired) electrons. The Morgan fingerprint density at radius 1 is 1.14 bits per heavy atom. The Bertz CT molecular complexity index is 1250. The van der Waals surface area contributed by atoms with Crippen molar-refractivity contribution in [3.8, 4) is 11.8 Å². The van der Waals surface area contributed by atoms with E-state index in [1.807, 2.05) is 12.1 Å². The molecule has 11 heteroatoms. The SMILES string of the molecule is N#CCC1(n2cc(C(N)=O)c(NC(=O)C3CC3)n2)CCN(Cc2ccc(-n3nccn3)cc2)CC1. The molecule has 0 atom stereocenters. The number of hydrogen-bond donors (Lipinski definition) is 2. The summed E-state index contributed by atoms with van der Waals surface area (Å²) in [5, 5.41) is 25.2. The lowest BCUT2D eigenvalue weighted by molar-refractivity contribution is -0.117. The third kappa shape index (κ3) is 4.79.